The van der Waals surface area contributed by atoms with Gasteiger partial charge in [-0.15, -0.1) is 0 Å². The maximum atomic E-state index is 13.8. The number of hydrogen-bond donors (Lipinski definition) is 8. The molecule has 0 aromatic heterocycles. The second kappa shape index (κ2) is 16.6. The van der Waals surface area contributed by atoms with Crippen molar-refractivity contribution >= 4 is 11.9 Å². The number of unbranched alkanes of at least 4 members (excludes halogenated alkanes) is 2. The van der Waals surface area contributed by atoms with Crippen molar-refractivity contribution in [2.45, 2.75) is 165 Å². The van der Waals surface area contributed by atoms with E-state index >= 15 is 0 Å². The van der Waals surface area contributed by atoms with Crippen LogP contribution in [-0.2, 0) is 28.5 Å². The molecule has 0 radical (unpaired) electrons. The van der Waals surface area contributed by atoms with Crippen molar-refractivity contribution in [3.05, 3.63) is 0 Å². The van der Waals surface area contributed by atoms with Gasteiger partial charge in [0.1, 0.15) is 60.0 Å². The van der Waals surface area contributed by atoms with Crippen LogP contribution in [-0.4, -0.2) is 138 Å². The van der Waals surface area contributed by atoms with Crippen LogP contribution in [0, 0.1) is 5.41 Å². The molecule has 264 valence electrons. The lowest BCUT2D eigenvalue weighted by Crippen LogP contribution is -2.58. The summed E-state index contributed by atoms with van der Waals surface area (Å²) in [6, 6.07) is 0. The molecule has 45 heavy (non-hydrogen) atoms. The first kappa shape index (κ1) is 39.7. The maximum absolute atomic E-state index is 13.8. The molecule has 0 saturated carbocycles. The molecule has 14 heteroatoms. The molecular weight excluding hydrogens is 596 g/mol. The SMILES string of the molecule is CC(C)(C)OC(=O)C(CCCC[C@H]1O[C@H](CO)[C@@H](O)[C@H](O)[C@H]1O)(CCCC[C@H]1O[C@H](CO)[C@@H](O)[C@H](O)[C@H]1O)C(=O)OC(C)(C)C. The largest absolute Gasteiger partial charge is 0.459 e. The van der Waals surface area contributed by atoms with Crippen LogP contribution in [0.4, 0.5) is 0 Å². The number of carbonyl (C=O) groups excluding carboxylic acids is 2. The minimum absolute atomic E-state index is 0.0221. The Kier molecular flexibility index (Phi) is 14.6. The third-order valence-electron chi connectivity index (χ3n) is 8.25. The van der Waals surface area contributed by atoms with E-state index in [0.29, 0.717) is 25.7 Å². The second-order valence-corrected chi connectivity index (χ2v) is 14.3. The molecule has 0 bridgehead atoms. The van der Waals surface area contributed by atoms with Gasteiger partial charge in [0.2, 0.25) is 0 Å². The average Bonchev–Trinajstić information content (AvgIpc) is 2.94. The van der Waals surface area contributed by atoms with E-state index in [1.54, 1.807) is 41.5 Å². The van der Waals surface area contributed by atoms with Crippen LogP contribution in [0.5, 0.6) is 0 Å². The van der Waals surface area contributed by atoms with E-state index in [9.17, 15) is 50.4 Å². The highest BCUT2D eigenvalue weighted by Gasteiger charge is 2.51. The highest BCUT2D eigenvalue weighted by Crippen LogP contribution is 2.38. The van der Waals surface area contributed by atoms with Gasteiger partial charge >= 0.3 is 11.9 Å². The third kappa shape index (κ3) is 10.8. The highest BCUT2D eigenvalue weighted by molar-refractivity contribution is 6.00. The van der Waals surface area contributed by atoms with Crippen molar-refractivity contribution in [2.75, 3.05) is 13.2 Å². The maximum Gasteiger partial charge on any atom is 0.324 e. The van der Waals surface area contributed by atoms with E-state index in [1.807, 2.05) is 0 Å². The number of carbonyl (C=O) groups is 2. The number of ether oxygens (including phenoxy) is 4. The van der Waals surface area contributed by atoms with Crippen LogP contribution in [0.1, 0.15) is 92.9 Å². The fourth-order valence-electron chi connectivity index (χ4n) is 5.75. The molecule has 2 fully saturated rings. The molecule has 8 N–H and O–H groups in total. The number of esters is 2. The smallest absolute Gasteiger partial charge is 0.324 e. The van der Waals surface area contributed by atoms with Gasteiger partial charge in [-0.05, 0) is 67.2 Å². The van der Waals surface area contributed by atoms with Gasteiger partial charge in [0, 0.05) is 0 Å². The number of rotatable bonds is 14. The van der Waals surface area contributed by atoms with Crippen LogP contribution in [0.15, 0.2) is 0 Å². The molecule has 0 aromatic rings. The van der Waals surface area contributed by atoms with Crippen molar-refractivity contribution in [1.82, 2.24) is 0 Å². The molecule has 2 heterocycles. The Morgan fingerprint density at radius 1 is 0.533 bits per heavy atom. The first-order chi connectivity index (χ1) is 20.8. The third-order valence-corrected chi connectivity index (χ3v) is 8.25. The molecule has 0 unspecified atom stereocenters. The summed E-state index contributed by atoms with van der Waals surface area (Å²) in [5.41, 5.74) is -3.56. The van der Waals surface area contributed by atoms with Crippen molar-refractivity contribution in [3.8, 4) is 0 Å². The number of hydrogen-bond acceptors (Lipinski definition) is 14. The molecule has 2 saturated heterocycles. The van der Waals surface area contributed by atoms with E-state index < -0.39 is 103 Å². The zero-order valence-electron chi connectivity index (χ0n) is 27.4. The van der Waals surface area contributed by atoms with E-state index in [0.717, 1.165) is 0 Å². The fraction of sp³-hybridized carbons (Fsp3) is 0.935. The molecule has 0 spiro atoms. The van der Waals surface area contributed by atoms with Crippen LogP contribution in [0.3, 0.4) is 0 Å². The van der Waals surface area contributed by atoms with Gasteiger partial charge in [-0.3, -0.25) is 9.59 Å². The number of aliphatic hydroxyl groups excluding tert-OH is 8. The summed E-state index contributed by atoms with van der Waals surface area (Å²) in [4.78, 5) is 27.6. The van der Waals surface area contributed by atoms with Crippen LogP contribution >= 0.6 is 0 Å². The van der Waals surface area contributed by atoms with Crippen molar-refractivity contribution in [2.24, 2.45) is 5.41 Å². The van der Waals surface area contributed by atoms with Gasteiger partial charge in [-0.2, -0.15) is 0 Å². The molecular formula is C31H56O14. The zero-order valence-corrected chi connectivity index (χ0v) is 27.4. The lowest BCUT2D eigenvalue weighted by atomic mass is 9.77. The van der Waals surface area contributed by atoms with E-state index in [4.69, 9.17) is 18.9 Å². The van der Waals surface area contributed by atoms with Gasteiger partial charge in [-0.25, -0.2) is 0 Å². The highest BCUT2D eigenvalue weighted by atomic mass is 16.6. The van der Waals surface area contributed by atoms with Crippen molar-refractivity contribution in [3.63, 3.8) is 0 Å². The summed E-state index contributed by atoms with van der Waals surface area (Å²) in [6.07, 6.45) is -10.9. The van der Waals surface area contributed by atoms with E-state index in [-0.39, 0.29) is 25.7 Å². The van der Waals surface area contributed by atoms with E-state index in [1.165, 1.54) is 0 Å². The molecule has 2 aliphatic heterocycles. The monoisotopic (exact) mass is 652 g/mol. The average molecular weight is 653 g/mol. The summed E-state index contributed by atoms with van der Waals surface area (Å²) in [5.74, 6) is -1.52. The lowest BCUT2D eigenvalue weighted by Gasteiger charge is -2.40. The molecule has 14 nitrogen and oxygen atoms in total. The quantitative estimate of drug-likeness (QED) is 0.0669. The van der Waals surface area contributed by atoms with Crippen molar-refractivity contribution in [1.29, 1.82) is 0 Å². The van der Waals surface area contributed by atoms with Crippen LogP contribution < -0.4 is 0 Å². The normalized spacial score (nSPS) is 33.1. The molecule has 2 rings (SSSR count). The van der Waals surface area contributed by atoms with Gasteiger partial charge in [0.15, 0.2) is 5.41 Å². The van der Waals surface area contributed by atoms with Gasteiger partial charge in [-0.1, -0.05) is 25.7 Å². The summed E-state index contributed by atoms with van der Waals surface area (Å²) in [6.45, 7) is 9.00. The molecule has 10 atom stereocenters. The summed E-state index contributed by atoms with van der Waals surface area (Å²) < 4.78 is 22.6. The van der Waals surface area contributed by atoms with Gasteiger partial charge in [0.05, 0.1) is 25.4 Å². The lowest BCUT2D eigenvalue weighted by molar-refractivity contribution is -0.230. The molecule has 2 aliphatic rings. The molecule has 0 aromatic carbocycles. The summed E-state index contributed by atoms with van der Waals surface area (Å²) >= 11 is 0. The Balaban J connectivity index is 2.21. The van der Waals surface area contributed by atoms with Crippen molar-refractivity contribution < 1.29 is 69.4 Å². The predicted octanol–water partition coefficient (Wildman–Crippen LogP) is -0.538. The standard InChI is InChI=1S/C31H56O14/c1-29(2,3)44-27(40)31(28(41)45-30(4,5)6,13-9-7-11-17-21(34)25(38)23(36)19(15-32)42-17)14-10-8-12-18-22(35)26(39)24(37)20(16-33)43-18/h17-26,32-39H,7-16H2,1-6H3/t17-,18-,19-,20-,21+,22+,23-,24-,25-,26-/m1/s1. The van der Waals surface area contributed by atoms with E-state index in [2.05, 4.69) is 0 Å². The van der Waals surface area contributed by atoms with Crippen LogP contribution in [0.2, 0.25) is 0 Å². The minimum atomic E-state index is -1.72. The number of aliphatic hydroxyl groups is 8. The predicted molar refractivity (Wildman–Crippen MR) is 159 cm³/mol. The Morgan fingerprint density at radius 2 is 0.844 bits per heavy atom. The zero-order chi connectivity index (χ0) is 34.3. The Bertz CT molecular complexity index is 852. The fourth-order valence-corrected chi connectivity index (χ4v) is 5.75. The molecule has 0 amide bonds. The second-order valence-electron chi connectivity index (χ2n) is 14.3. The summed E-state index contributed by atoms with van der Waals surface area (Å²) in [7, 11) is 0. The Morgan fingerprint density at radius 3 is 1.13 bits per heavy atom. The Hall–Kier alpha value is -1.46. The van der Waals surface area contributed by atoms with Gasteiger partial charge < -0.3 is 59.8 Å². The first-order valence-electron chi connectivity index (χ1n) is 15.9. The summed E-state index contributed by atoms with van der Waals surface area (Å²) in [5, 5.41) is 80.2. The topological polar surface area (TPSA) is 233 Å². The Labute approximate surface area is 265 Å². The first-order valence-corrected chi connectivity index (χ1v) is 15.9. The molecule has 0 aliphatic carbocycles. The minimum Gasteiger partial charge on any atom is -0.459 e. The van der Waals surface area contributed by atoms with Crippen LogP contribution in [0.25, 0.3) is 0 Å². The van der Waals surface area contributed by atoms with Gasteiger partial charge in [0.25, 0.3) is 0 Å².